The van der Waals surface area contributed by atoms with Gasteiger partial charge in [-0.25, -0.2) is 4.98 Å². The molecule has 0 spiro atoms. The quantitative estimate of drug-likeness (QED) is 0.182. The Balaban J connectivity index is 1.09. The number of hydrogen-bond donors (Lipinski definition) is 0. The minimum Gasteiger partial charge on any atom is -0.309 e. The van der Waals surface area contributed by atoms with E-state index in [1.54, 1.807) is 0 Å². The Hall–Kier alpha value is -6.97. The van der Waals surface area contributed by atoms with Gasteiger partial charge in [0.1, 0.15) is 5.82 Å². The van der Waals surface area contributed by atoms with Gasteiger partial charge in [0, 0.05) is 27.7 Å². The van der Waals surface area contributed by atoms with Crippen LogP contribution in [-0.4, -0.2) is 14.1 Å². The number of allylic oxidation sites excluding steroid dienone is 5. The smallest absolute Gasteiger partial charge is 0.145 e. The first-order valence-electron chi connectivity index (χ1n) is 18.1. The average Bonchev–Trinajstić information content (AvgIpc) is 3.77. The third-order valence-corrected chi connectivity index (χ3v) is 10.5. The van der Waals surface area contributed by atoms with Crippen molar-refractivity contribution in [2.24, 2.45) is 0 Å². The lowest BCUT2D eigenvalue weighted by atomic mass is 9.88. The van der Waals surface area contributed by atoms with Gasteiger partial charge in [0.25, 0.3) is 0 Å². The first-order chi connectivity index (χ1) is 26.2. The normalized spacial score (nSPS) is 13.9. The summed E-state index contributed by atoms with van der Waals surface area (Å²) in [5.74, 6) is 0.935. The second-order valence-corrected chi connectivity index (χ2v) is 13.7. The summed E-state index contributed by atoms with van der Waals surface area (Å²) >= 11 is 0. The first-order valence-corrected chi connectivity index (χ1v) is 18.1. The second-order valence-electron chi connectivity index (χ2n) is 13.7. The van der Waals surface area contributed by atoms with E-state index in [9.17, 15) is 0 Å². The second kappa shape index (κ2) is 12.7. The number of fused-ring (bicyclic) bond motifs is 7. The number of rotatable bonds is 4. The van der Waals surface area contributed by atoms with Gasteiger partial charge in [0.2, 0.25) is 0 Å². The predicted octanol–water partition coefficient (Wildman–Crippen LogP) is 12.8. The van der Waals surface area contributed by atoms with Crippen LogP contribution < -0.4 is 0 Å². The Labute approximate surface area is 308 Å². The van der Waals surface area contributed by atoms with Crippen LogP contribution in [0.25, 0.3) is 83.4 Å². The summed E-state index contributed by atoms with van der Waals surface area (Å²) in [7, 11) is 0. The Bertz CT molecular complexity index is 2920. The summed E-state index contributed by atoms with van der Waals surface area (Å²) in [5.41, 5.74) is 16.0. The molecular weight excluding hydrogens is 643 g/mol. The molecule has 53 heavy (non-hydrogen) atoms. The first kappa shape index (κ1) is 30.8. The standard InChI is InChI=1S/C50H35N3/c1-34-14-4-2-5-15-35-16-8-9-19-42(35)44-32-37(24-30-41(34)44)38-25-31-48-45(33-38)43-20-10-12-22-47(43)52(48)39-26-28-40(29-27-39)53-49-23-13-11-21-46(49)51-50(53)36-17-6-3-7-18-36/h2-14,16-33H,1,15H2/b5-2-,14-4-. The van der Waals surface area contributed by atoms with E-state index in [-0.39, 0.29) is 0 Å². The van der Waals surface area contributed by atoms with E-state index in [0.717, 1.165) is 51.4 Å². The minimum atomic E-state index is 0.885. The molecule has 0 aliphatic heterocycles. The Kier molecular flexibility index (Phi) is 7.36. The third kappa shape index (κ3) is 5.25. The van der Waals surface area contributed by atoms with Gasteiger partial charge in [-0.2, -0.15) is 0 Å². The molecule has 1 aliphatic rings. The van der Waals surface area contributed by atoms with Crippen LogP contribution in [0.1, 0.15) is 11.1 Å². The van der Waals surface area contributed by atoms with E-state index >= 15 is 0 Å². The van der Waals surface area contributed by atoms with Gasteiger partial charge in [0.15, 0.2) is 0 Å². The fourth-order valence-corrected chi connectivity index (χ4v) is 7.97. The number of para-hydroxylation sites is 3. The predicted molar refractivity (Wildman–Crippen MR) is 223 cm³/mol. The molecular formula is C50H35N3. The van der Waals surface area contributed by atoms with Gasteiger partial charge in [-0.15, -0.1) is 0 Å². The fourth-order valence-electron chi connectivity index (χ4n) is 7.97. The number of benzene rings is 7. The van der Waals surface area contributed by atoms with Crippen molar-refractivity contribution in [2.75, 3.05) is 0 Å². The summed E-state index contributed by atoms with van der Waals surface area (Å²) < 4.78 is 4.65. The molecule has 0 saturated carbocycles. The van der Waals surface area contributed by atoms with Crippen LogP contribution in [0.5, 0.6) is 0 Å². The van der Waals surface area contributed by atoms with Crippen LogP contribution >= 0.6 is 0 Å². The zero-order valence-electron chi connectivity index (χ0n) is 29.2. The van der Waals surface area contributed by atoms with E-state index in [1.165, 1.54) is 49.6 Å². The molecule has 9 aromatic rings. The maximum absolute atomic E-state index is 5.05. The molecule has 7 aromatic carbocycles. The highest BCUT2D eigenvalue weighted by Crippen LogP contribution is 2.39. The van der Waals surface area contributed by atoms with E-state index in [0.29, 0.717) is 0 Å². The summed E-state index contributed by atoms with van der Waals surface area (Å²) in [6, 6.07) is 58.9. The summed E-state index contributed by atoms with van der Waals surface area (Å²) in [6.07, 6.45) is 9.42. The zero-order chi connectivity index (χ0) is 35.3. The van der Waals surface area contributed by atoms with Crippen molar-refractivity contribution in [2.45, 2.75) is 6.42 Å². The number of nitrogens with zero attached hydrogens (tertiary/aromatic N) is 3. The molecule has 0 amide bonds. The molecule has 2 aromatic heterocycles. The van der Waals surface area contributed by atoms with Gasteiger partial charge in [0.05, 0.1) is 22.1 Å². The lowest BCUT2D eigenvalue weighted by Gasteiger charge is -2.16. The van der Waals surface area contributed by atoms with Crippen LogP contribution in [0.3, 0.4) is 0 Å². The molecule has 0 unspecified atom stereocenters. The molecule has 0 N–H and O–H groups in total. The van der Waals surface area contributed by atoms with Crippen molar-refractivity contribution in [1.82, 2.24) is 14.1 Å². The van der Waals surface area contributed by atoms with Crippen LogP contribution in [-0.2, 0) is 6.42 Å². The van der Waals surface area contributed by atoms with Crippen molar-refractivity contribution >= 4 is 38.4 Å². The van der Waals surface area contributed by atoms with Crippen LogP contribution in [0, 0.1) is 0 Å². The van der Waals surface area contributed by atoms with Gasteiger partial charge in [-0.3, -0.25) is 4.57 Å². The van der Waals surface area contributed by atoms with Crippen molar-refractivity contribution < 1.29 is 0 Å². The van der Waals surface area contributed by atoms with Gasteiger partial charge in [-0.1, -0.05) is 134 Å². The molecule has 3 nitrogen and oxygen atoms in total. The Morgan fingerprint density at radius 1 is 0.472 bits per heavy atom. The number of aromatic nitrogens is 3. The molecule has 1 aliphatic carbocycles. The van der Waals surface area contributed by atoms with Crippen molar-refractivity contribution in [1.29, 1.82) is 0 Å². The van der Waals surface area contributed by atoms with E-state index in [4.69, 9.17) is 4.98 Å². The summed E-state index contributed by atoms with van der Waals surface area (Å²) in [5, 5.41) is 2.46. The molecule has 10 rings (SSSR count). The van der Waals surface area contributed by atoms with Crippen LogP contribution in [0.2, 0.25) is 0 Å². The Morgan fingerprint density at radius 3 is 2.02 bits per heavy atom. The monoisotopic (exact) mass is 677 g/mol. The number of hydrogen-bond acceptors (Lipinski definition) is 1. The highest BCUT2D eigenvalue weighted by molar-refractivity contribution is 6.10. The van der Waals surface area contributed by atoms with Crippen LogP contribution in [0.4, 0.5) is 0 Å². The van der Waals surface area contributed by atoms with E-state index in [2.05, 4.69) is 192 Å². The zero-order valence-corrected chi connectivity index (χ0v) is 29.2. The SMILES string of the molecule is C=C1/C=C\C=C/Cc2ccccc2-c2cc(-c3ccc4c(c3)c3ccccc3n4-c3ccc(-n4c(-c5ccccc5)nc5ccccc54)cc3)ccc21. The Morgan fingerprint density at radius 2 is 1.15 bits per heavy atom. The van der Waals surface area contributed by atoms with Gasteiger partial charge < -0.3 is 4.57 Å². The van der Waals surface area contributed by atoms with Crippen LogP contribution in [0.15, 0.2) is 195 Å². The molecule has 0 bridgehead atoms. The van der Waals surface area contributed by atoms with E-state index in [1.807, 2.05) is 12.1 Å². The summed E-state index contributed by atoms with van der Waals surface area (Å²) in [6.45, 7) is 4.43. The molecule has 2 heterocycles. The lowest BCUT2D eigenvalue weighted by Crippen LogP contribution is -1.99. The average molecular weight is 678 g/mol. The number of imidazole rings is 1. The minimum absolute atomic E-state index is 0.885. The molecule has 0 saturated heterocycles. The molecule has 0 radical (unpaired) electrons. The van der Waals surface area contributed by atoms with Gasteiger partial charge in [-0.05, 0) is 106 Å². The van der Waals surface area contributed by atoms with Crippen molar-refractivity contribution in [3.8, 4) is 45.0 Å². The van der Waals surface area contributed by atoms with Crippen molar-refractivity contribution in [3.63, 3.8) is 0 Å². The topological polar surface area (TPSA) is 22.8 Å². The lowest BCUT2D eigenvalue weighted by molar-refractivity contribution is 1.09. The fraction of sp³-hybridized carbons (Fsp3) is 0.0200. The third-order valence-electron chi connectivity index (χ3n) is 10.5. The molecule has 3 heteroatoms. The van der Waals surface area contributed by atoms with E-state index < -0.39 is 0 Å². The maximum atomic E-state index is 5.05. The highest BCUT2D eigenvalue weighted by Gasteiger charge is 2.18. The molecule has 250 valence electrons. The van der Waals surface area contributed by atoms with Crippen molar-refractivity contribution in [3.05, 3.63) is 206 Å². The largest absolute Gasteiger partial charge is 0.309 e. The summed E-state index contributed by atoms with van der Waals surface area (Å²) in [4.78, 5) is 5.05. The maximum Gasteiger partial charge on any atom is 0.145 e. The molecule has 0 atom stereocenters. The highest BCUT2D eigenvalue weighted by atomic mass is 15.1. The molecule has 0 fully saturated rings. The van der Waals surface area contributed by atoms with Gasteiger partial charge >= 0.3 is 0 Å².